The van der Waals surface area contributed by atoms with Crippen LogP contribution in [0, 0.1) is 0 Å². The zero-order valence-corrected chi connectivity index (χ0v) is 17.0. The highest BCUT2D eigenvalue weighted by Crippen LogP contribution is 2.22. The van der Waals surface area contributed by atoms with E-state index in [0.29, 0.717) is 24.9 Å². The van der Waals surface area contributed by atoms with Gasteiger partial charge >= 0.3 is 0 Å². The minimum atomic E-state index is 0.193. The van der Waals surface area contributed by atoms with Crippen LogP contribution in [-0.4, -0.2) is 57.6 Å². The van der Waals surface area contributed by atoms with Crippen molar-refractivity contribution >= 4 is 17.7 Å². The summed E-state index contributed by atoms with van der Waals surface area (Å²) in [4.78, 5) is 14.6. The highest BCUT2D eigenvalue weighted by molar-refractivity contribution is 7.99. The molecule has 0 unspecified atom stereocenters. The number of thioether (sulfide) groups is 1. The van der Waals surface area contributed by atoms with Crippen molar-refractivity contribution in [3.05, 3.63) is 41.7 Å². The van der Waals surface area contributed by atoms with Gasteiger partial charge in [0.05, 0.1) is 12.4 Å². The van der Waals surface area contributed by atoms with Crippen LogP contribution in [0.15, 0.2) is 35.5 Å². The van der Waals surface area contributed by atoms with Gasteiger partial charge in [0.1, 0.15) is 5.82 Å². The van der Waals surface area contributed by atoms with Crippen LogP contribution < -0.4 is 0 Å². The molecular weight excluding hydrogens is 360 g/mol. The van der Waals surface area contributed by atoms with E-state index in [2.05, 4.69) is 33.8 Å². The van der Waals surface area contributed by atoms with Crippen molar-refractivity contribution in [3.63, 3.8) is 0 Å². The Morgan fingerprint density at radius 1 is 1.26 bits per heavy atom. The van der Waals surface area contributed by atoms with Gasteiger partial charge in [-0.15, -0.1) is 10.2 Å². The highest BCUT2D eigenvalue weighted by Gasteiger charge is 2.24. The lowest BCUT2D eigenvalue weighted by Gasteiger charge is -2.33. The number of carbonyl (C=O) groups is 1. The largest absolute Gasteiger partial charge is 0.383 e. The van der Waals surface area contributed by atoms with E-state index in [1.165, 1.54) is 23.7 Å². The van der Waals surface area contributed by atoms with E-state index in [9.17, 15) is 4.79 Å². The minimum Gasteiger partial charge on any atom is -0.383 e. The van der Waals surface area contributed by atoms with E-state index in [1.807, 2.05) is 23.1 Å². The second-order valence-electron chi connectivity index (χ2n) is 6.93. The van der Waals surface area contributed by atoms with Gasteiger partial charge in [-0.3, -0.25) is 4.79 Å². The molecule has 0 bridgehead atoms. The van der Waals surface area contributed by atoms with Crippen LogP contribution in [0.25, 0.3) is 0 Å². The Morgan fingerprint density at radius 2 is 2.07 bits per heavy atom. The van der Waals surface area contributed by atoms with Gasteiger partial charge in [0.25, 0.3) is 0 Å². The maximum Gasteiger partial charge on any atom is 0.233 e. The first-order valence-corrected chi connectivity index (χ1v) is 10.5. The molecule has 7 heteroatoms. The summed E-state index contributed by atoms with van der Waals surface area (Å²) in [7, 11) is 1.69. The molecule has 1 aromatic heterocycles. The number of methoxy groups -OCH3 is 1. The molecular formula is C20H28N4O2S. The summed E-state index contributed by atoms with van der Waals surface area (Å²) in [6.45, 7) is 4.28. The summed E-state index contributed by atoms with van der Waals surface area (Å²) < 4.78 is 7.33. The molecule has 1 amide bonds. The summed E-state index contributed by atoms with van der Waals surface area (Å²) in [5, 5.41) is 9.52. The number of aromatic nitrogens is 3. The van der Waals surface area contributed by atoms with Crippen molar-refractivity contribution in [1.82, 2.24) is 19.7 Å². The van der Waals surface area contributed by atoms with E-state index in [1.54, 1.807) is 7.11 Å². The van der Waals surface area contributed by atoms with Gasteiger partial charge < -0.3 is 14.2 Å². The van der Waals surface area contributed by atoms with Crippen molar-refractivity contribution in [1.29, 1.82) is 0 Å². The summed E-state index contributed by atoms with van der Waals surface area (Å²) in [6.07, 6.45) is 4.13. The van der Waals surface area contributed by atoms with Crippen LogP contribution in [0.3, 0.4) is 0 Å². The Bertz CT molecular complexity index is 735. The standard InChI is InChI=1S/C20H28N4O2S/c1-16-8-6-7-11-23(16)19(25)15-27-20-22-21-18(24(20)12-13-26-2)14-17-9-4-3-5-10-17/h3-5,9-10,16H,6-8,11-15H2,1-2H3/t16-/m0/s1. The van der Waals surface area contributed by atoms with E-state index < -0.39 is 0 Å². The Labute approximate surface area is 165 Å². The molecule has 2 aromatic rings. The minimum absolute atomic E-state index is 0.193. The zero-order valence-electron chi connectivity index (χ0n) is 16.1. The molecule has 1 fully saturated rings. The van der Waals surface area contributed by atoms with Crippen molar-refractivity contribution in [2.24, 2.45) is 0 Å². The summed E-state index contributed by atoms with van der Waals surface area (Å²) in [5.41, 5.74) is 1.19. The van der Waals surface area contributed by atoms with Gasteiger partial charge in [-0.05, 0) is 31.7 Å². The SMILES string of the molecule is COCCn1c(Cc2ccccc2)nnc1SCC(=O)N1CCCC[C@@H]1C. The molecule has 1 atom stereocenters. The molecule has 0 N–H and O–H groups in total. The fourth-order valence-corrected chi connectivity index (χ4v) is 4.29. The molecule has 3 rings (SSSR count). The number of ether oxygens (including phenoxy) is 1. The quantitative estimate of drug-likeness (QED) is 0.651. The first-order chi connectivity index (χ1) is 13.2. The van der Waals surface area contributed by atoms with Gasteiger partial charge in [-0.2, -0.15) is 0 Å². The number of piperidine rings is 1. The summed E-state index contributed by atoms with van der Waals surface area (Å²) in [5.74, 6) is 1.50. The number of hydrogen-bond donors (Lipinski definition) is 0. The third-order valence-corrected chi connectivity index (χ3v) is 5.92. The van der Waals surface area contributed by atoms with Crippen LogP contribution in [0.4, 0.5) is 0 Å². The van der Waals surface area contributed by atoms with E-state index in [4.69, 9.17) is 4.74 Å². The third kappa shape index (κ3) is 5.32. The monoisotopic (exact) mass is 388 g/mol. The number of amides is 1. The molecule has 1 aromatic carbocycles. The van der Waals surface area contributed by atoms with E-state index >= 15 is 0 Å². The number of likely N-dealkylation sites (tertiary alicyclic amines) is 1. The number of carbonyl (C=O) groups excluding carboxylic acids is 1. The molecule has 0 radical (unpaired) electrons. The maximum absolute atomic E-state index is 12.6. The molecule has 0 saturated carbocycles. The molecule has 1 aliphatic rings. The van der Waals surface area contributed by atoms with Crippen molar-refractivity contribution in [2.45, 2.75) is 50.4 Å². The van der Waals surface area contributed by atoms with Crippen LogP contribution in [0.1, 0.15) is 37.6 Å². The Hall–Kier alpha value is -1.86. The van der Waals surface area contributed by atoms with Crippen molar-refractivity contribution < 1.29 is 9.53 Å². The fourth-order valence-electron chi connectivity index (χ4n) is 3.42. The second kappa shape index (κ2) is 9.90. The molecule has 27 heavy (non-hydrogen) atoms. The number of benzene rings is 1. The van der Waals surface area contributed by atoms with E-state index in [-0.39, 0.29) is 5.91 Å². The lowest BCUT2D eigenvalue weighted by molar-refractivity contribution is -0.131. The fraction of sp³-hybridized carbons (Fsp3) is 0.550. The molecule has 1 aliphatic heterocycles. The van der Waals surface area contributed by atoms with Crippen LogP contribution in [0.5, 0.6) is 0 Å². The summed E-state index contributed by atoms with van der Waals surface area (Å²) in [6, 6.07) is 10.6. The average Bonchev–Trinajstić information content (AvgIpc) is 3.07. The van der Waals surface area contributed by atoms with Gasteiger partial charge in [-0.1, -0.05) is 42.1 Å². The molecule has 146 valence electrons. The summed E-state index contributed by atoms with van der Waals surface area (Å²) >= 11 is 1.48. The lowest BCUT2D eigenvalue weighted by atomic mass is 10.0. The molecule has 6 nitrogen and oxygen atoms in total. The van der Waals surface area contributed by atoms with Gasteiger partial charge in [-0.25, -0.2) is 0 Å². The highest BCUT2D eigenvalue weighted by atomic mass is 32.2. The second-order valence-corrected chi connectivity index (χ2v) is 7.87. The third-order valence-electron chi connectivity index (χ3n) is 4.97. The number of hydrogen-bond acceptors (Lipinski definition) is 5. The van der Waals surface area contributed by atoms with Crippen LogP contribution in [-0.2, 0) is 22.5 Å². The first kappa shape index (κ1) is 19.9. The van der Waals surface area contributed by atoms with Crippen molar-refractivity contribution in [3.8, 4) is 0 Å². The van der Waals surface area contributed by atoms with Gasteiger partial charge in [0.15, 0.2) is 5.16 Å². The lowest BCUT2D eigenvalue weighted by Crippen LogP contribution is -2.43. The van der Waals surface area contributed by atoms with Crippen molar-refractivity contribution in [2.75, 3.05) is 26.0 Å². The zero-order chi connectivity index (χ0) is 19.1. The average molecular weight is 389 g/mol. The molecule has 0 spiro atoms. The molecule has 2 heterocycles. The predicted molar refractivity (Wildman–Crippen MR) is 107 cm³/mol. The number of nitrogens with zero attached hydrogens (tertiary/aromatic N) is 4. The van der Waals surface area contributed by atoms with Crippen LogP contribution in [0.2, 0.25) is 0 Å². The Balaban J connectivity index is 1.67. The normalized spacial score (nSPS) is 17.3. The Morgan fingerprint density at radius 3 is 2.81 bits per heavy atom. The Kier molecular flexibility index (Phi) is 7.29. The van der Waals surface area contributed by atoms with Gasteiger partial charge in [0.2, 0.25) is 5.91 Å². The maximum atomic E-state index is 12.6. The smallest absolute Gasteiger partial charge is 0.233 e. The van der Waals surface area contributed by atoms with Crippen LogP contribution >= 0.6 is 11.8 Å². The molecule has 1 saturated heterocycles. The molecule has 0 aliphatic carbocycles. The van der Waals surface area contributed by atoms with Gasteiger partial charge in [0, 0.05) is 32.7 Å². The van der Waals surface area contributed by atoms with E-state index in [0.717, 1.165) is 36.8 Å². The first-order valence-electron chi connectivity index (χ1n) is 9.56. The number of rotatable bonds is 8. The topological polar surface area (TPSA) is 60.2 Å². The predicted octanol–water partition coefficient (Wildman–Crippen LogP) is 3.01.